The summed E-state index contributed by atoms with van der Waals surface area (Å²) in [4.78, 5) is 36.1. The van der Waals surface area contributed by atoms with E-state index in [4.69, 9.17) is 9.47 Å². The standard InChI is InChI=1S/C22H24N2O6/c1-5-29-21-12-16(8-11-20(21)30-14-22(26)23(3)4)7-10-19(25)17-9-6-15(2)18(13-17)24(27)28/h6-13H,5,14H2,1-4H3. The predicted molar refractivity (Wildman–Crippen MR) is 113 cm³/mol. The Morgan fingerprint density at radius 3 is 2.47 bits per heavy atom. The molecule has 0 aliphatic rings. The lowest BCUT2D eigenvalue weighted by Gasteiger charge is -2.14. The first-order valence-corrected chi connectivity index (χ1v) is 9.30. The number of aryl methyl sites for hydroxylation is 1. The minimum absolute atomic E-state index is 0.0957. The largest absolute Gasteiger partial charge is 0.490 e. The maximum atomic E-state index is 12.4. The molecule has 8 nitrogen and oxygen atoms in total. The van der Waals surface area contributed by atoms with Gasteiger partial charge in [0.1, 0.15) is 0 Å². The highest BCUT2D eigenvalue weighted by Gasteiger charge is 2.14. The van der Waals surface area contributed by atoms with E-state index in [0.717, 1.165) is 0 Å². The van der Waals surface area contributed by atoms with Crippen LogP contribution in [0.4, 0.5) is 5.69 Å². The fourth-order valence-electron chi connectivity index (χ4n) is 2.51. The number of likely N-dealkylation sites (N-methyl/N-ethyl adjacent to an activating group) is 1. The van der Waals surface area contributed by atoms with Crippen LogP contribution in [-0.2, 0) is 4.79 Å². The number of nitro benzene ring substituents is 1. The molecule has 0 saturated carbocycles. The topological polar surface area (TPSA) is 99.0 Å². The number of amides is 1. The van der Waals surface area contributed by atoms with Crippen LogP contribution < -0.4 is 9.47 Å². The van der Waals surface area contributed by atoms with E-state index in [-0.39, 0.29) is 29.5 Å². The third kappa shape index (κ3) is 5.91. The summed E-state index contributed by atoms with van der Waals surface area (Å²) in [6.45, 7) is 3.72. The molecular formula is C22H24N2O6. The van der Waals surface area contributed by atoms with Gasteiger partial charge in [-0.1, -0.05) is 24.3 Å². The number of carbonyl (C=O) groups excluding carboxylic acids is 2. The van der Waals surface area contributed by atoms with Crippen LogP contribution in [0.1, 0.15) is 28.4 Å². The molecule has 0 atom stereocenters. The van der Waals surface area contributed by atoms with Gasteiger partial charge in [0.2, 0.25) is 0 Å². The highest BCUT2D eigenvalue weighted by atomic mass is 16.6. The number of hydrogen-bond donors (Lipinski definition) is 0. The van der Waals surface area contributed by atoms with Gasteiger partial charge in [-0.05, 0) is 37.6 Å². The molecule has 8 heteroatoms. The van der Waals surface area contributed by atoms with Crippen molar-refractivity contribution < 1.29 is 24.0 Å². The molecular weight excluding hydrogens is 388 g/mol. The lowest BCUT2D eigenvalue weighted by atomic mass is 10.1. The molecule has 0 saturated heterocycles. The van der Waals surface area contributed by atoms with E-state index < -0.39 is 4.92 Å². The monoisotopic (exact) mass is 412 g/mol. The molecule has 30 heavy (non-hydrogen) atoms. The zero-order chi connectivity index (χ0) is 22.3. The molecule has 0 N–H and O–H groups in total. The molecule has 0 bridgehead atoms. The first-order valence-electron chi connectivity index (χ1n) is 9.30. The third-order valence-electron chi connectivity index (χ3n) is 4.24. The fraction of sp³-hybridized carbons (Fsp3) is 0.273. The second-order valence-corrected chi connectivity index (χ2v) is 6.67. The van der Waals surface area contributed by atoms with Crippen molar-refractivity contribution in [1.82, 2.24) is 4.90 Å². The number of ether oxygens (including phenoxy) is 2. The van der Waals surface area contributed by atoms with Crippen molar-refractivity contribution in [2.75, 3.05) is 27.3 Å². The van der Waals surface area contributed by atoms with Crippen molar-refractivity contribution in [1.29, 1.82) is 0 Å². The van der Waals surface area contributed by atoms with Crippen LogP contribution in [0.2, 0.25) is 0 Å². The Morgan fingerprint density at radius 2 is 1.83 bits per heavy atom. The maximum absolute atomic E-state index is 12.4. The Bertz CT molecular complexity index is 982. The summed E-state index contributed by atoms with van der Waals surface area (Å²) >= 11 is 0. The molecule has 0 spiro atoms. The highest BCUT2D eigenvalue weighted by Crippen LogP contribution is 2.29. The van der Waals surface area contributed by atoms with Gasteiger partial charge in [0, 0.05) is 31.3 Å². The molecule has 0 heterocycles. The van der Waals surface area contributed by atoms with Gasteiger partial charge in [0.25, 0.3) is 11.6 Å². The van der Waals surface area contributed by atoms with Gasteiger partial charge in [-0.15, -0.1) is 0 Å². The summed E-state index contributed by atoms with van der Waals surface area (Å²) in [6, 6.07) is 9.45. The minimum atomic E-state index is -0.510. The molecule has 0 unspecified atom stereocenters. The number of carbonyl (C=O) groups is 2. The van der Waals surface area contributed by atoms with E-state index in [2.05, 4.69) is 0 Å². The summed E-state index contributed by atoms with van der Waals surface area (Å²) in [5.74, 6) is 0.335. The summed E-state index contributed by atoms with van der Waals surface area (Å²) in [5, 5.41) is 11.1. The lowest BCUT2D eigenvalue weighted by molar-refractivity contribution is -0.385. The fourth-order valence-corrected chi connectivity index (χ4v) is 2.51. The summed E-state index contributed by atoms with van der Waals surface area (Å²) < 4.78 is 11.1. The second kappa shape index (κ2) is 10.2. The van der Waals surface area contributed by atoms with Crippen molar-refractivity contribution in [3.05, 3.63) is 69.3 Å². The van der Waals surface area contributed by atoms with Gasteiger partial charge in [-0.3, -0.25) is 19.7 Å². The van der Waals surface area contributed by atoms with Gasteiger partial charge in [0.05, 0.1) is 11.5 Å². The number of nitro groups is 1. The zero-order valence-corrected chi connectivity index (χ0v) is 17.4. The molecule has 158 valence electrons. The van der Waals surface area contributed by atoms with Gasteiger partial charge in [-0.25, -0.2) is 0 Å². The van der Waals surface area contributed by atoms with Crippen LogP contribution in [0.25, 0.3) is 6.08 Å². The van der Waals surface area contributed by atoms with Gasteiger partial charge in [0.15, 0.2) is 23.9 Å². The van der Waals surface area contributed by atoms with Crippen LogP contribution in [0.5, 0.6) is 11.5 Å². The predicted octanol–water partition coefficient (Wildman–Crippen LogP) is 3.67. The second-order valence-electron chi connectivity index (χ2n) is 6.67. The van der Waals surface area contributed by atoms with Crippen LogP contribution in [0.15, 0.2) is 42.5 Å². The molecule has 0 radical (unpaired) electrons. The summed E-state index contributed by atoms with van der Waals surface area (Å²) in [7, 11) is 3.28. The van der Waals surface area contributed by atoms with Crippen LogP contribution in [-0.4, -0.2) is 48.8 Å². The maximum Gasteiger partial charge on any atom is 0.273 e. The van der Waals surface area contributed by atoms with Crippen molar-refractivity contribution in [2.45, 2.75) is 13.8 Å². The summed E-state index contributed by atoms with van der Waals surface area (Å²) in [5.41, 5.74) is 1.31. The van der Waals surface area contributed by atoms with Gasteiger partial charge in [-0.2, -0.15) is 0 Å². The Balaban J connectivity index is 2.19. The van der Waals surface area contributed by atoms with Crippen molar-refractivity contribution in [3.8, 4) is 11.5 Å². The third-order valence-corrected chi connectivity index (χ3v) is 4.24. The number of ketones is 1. The quantitative estimate of drug-likeness (QED) is 0.270. The Hall–Kier alpha value is -3.68. The molecule has 2 aromatic rings. The Morgan fingerprint density at radius 1 is 1.10 bits per heavy atom. The number of rotatable bonds is 9. The molecule has 0 aliphatic heterocycles. The Labute approximate surface area is 174 Å². The van der Waals surface area contributed by atoms with E-state index in [9.17, 15) is 19.7 Å². The van der Waals surface area contributed by atoms with Crippen molar-refractivity contribution >= 4 is 23.5 Å². The van der Waals surface area contributed by atoms with E-state index >= 15 is 0 Å². The zero-order valence-electron chi connectivity index (χ0n) is 17.4. The average molecular weight is 412 g/mol. The first kappa shape index (κ1) is 22.6. The van der Waals surface area contributed by atoms with E-state index in [1.165, 1.54) is 17.0 Å². The molecule has 0 aromatic heterocycles. The normalized spacial score (nSPS) is 10.7. The first-order chi connectivity index (χ1) is 14.2. The van der Waals surface area contributed by atoms with Crippen molar-refractivity contribution in [2.24, 2.45) is 0 Å². The molecule has 0 aliphatic carbocycles. The van der Waals surface area contributed by atoms with Crippen LogP contribution in [0, 0.1) is 17.0 Å². The molecule has 2 aromatic carbocycles. The molecule has 2 rings (SSSR count). The van der Waals surface area contributed by atoms with Crippen LogP contribution >= 0.6 is 0 Å². The number of benzene rings is 2. The molecule has 1 amide bonds. The smallest absolute Gasteiger partial charge is 0.273 e. The number of hydrogen-bond acceptors (Lipinski definition) is 6. The van der Waals surface area contributed by atoms with E-state index in [1.54, 1.807) is 57.4 Å². The minimum Gasteiger partial charge on any atom is -0.490 e. The van der Waals surface area contributed by atoms with Gasteiger partial charge < -0.3 is 14.4 Å². The average Bonchev–Trinajstić information content (AvgIpc) is 2.71. The number of nitrogens with zero attached hydrogens (tertiary/aromatic N) is 2. The summed E-state index contributed by atoms with van der Waals surface area (Å²) in [6.07, 6.45) is 2.93. The highest BCUT2D eigenvalue weighted by molar-refractivity contribution is 6.07. The lowest BCUT2D eigenvalue weighted by Crippen LogP contribution is -2.27. The van der Waals surface area contributed by atoms with E-state index in [1.807, 2.05) is 6.92 Å². The van der Waals surface area contributed by atoms with Gasteiger partial charge >= 0.3 is 0 Å². The molecule has 0 fully saturated rings. The Kier molecular flexibility index (Phi) is 7.69. The number of allylic oxidation sites excluding steroid dienone is 1. The van der Waals surface area contributed by atoms with E-state index in [0.29, 0.717) is 29.2 Å². The van der Waals surface area contributed by atoms with Crippen LogP contribution in [0.3, 0.4) is 0 Å². The SMILES string of the molecule is CCOc1cc(C=CC(=O)c2ccc(C)c([N+](=O)[O-])c2)ccc1OCC(=O)N(C)C. The van der Waals surface area contributed by atoms with Crippen molar-refractivity contribution in [3.63, 3.8) is 0 Å².